The van der Waals surface area contributed by atoms with Crippen molar-refractivity contribution in [2.75, 3.05) is 0 Å². The molecule has 25 heavy (non-hydrogen) atoms. The molecule has 0 spiro atoms. The molecule has 124 valence electrons. The van der Waals surface area contributed by atoms with Crippen LogP contribution in [-0.2, 0) is 11.3 Å². The first kappa shape index (κ1) is 17.0. The summed E-state index contributed by atoms with van der Waals surface area (Å²) in [7, 11) is 0. The number of hydrogen-bond acceptors (Lipinski definition) is 1. The molecule has 0 aromatic heterocycles. The zero-order chi connectivity index (χ0) is 17.5. The van der Waals surface area contributed by atoms with Crippen LogP contribution < -0.4 is 5.32 Å². The monoisotopic (exact) mass is 347 g/mol. The zero-order valence-corrected chi connectivity index (χ0v) is 14.4. The Morgan fingerprint density at radius 2 is 1.32 bits per heavy atom. The maximum Gasteiger partial charge on any atom is 0.244 e. The molecule has 0 aliphatic heterocycles. The Balaban J connectivity index is 1.80. The van der Waals surface area contributed by atoms with E-state index >= 15 is 0 Å². The molecule has 0 fully saturated rings. The highest BCUT2D eigenvalue weighted by Gasteiger charge is 2.07. The smallest absolute Gasteiger partial charge is 0.244 e. The van der Waals surface area contributed by atoms with Crippen molar-refractivity contribution < 1.29 is 4.79 Å². The van der Waals surface area contributed by atoms with E-state index in [0.717, 1.165) is 22.3 Å². The highest BCUT2D eigenvalue weighted by atomic mass is 35.5. The lowest BCUT2D eigenvalue weighted by Gasteiger charge is -2.09. The van der Waals surface area contributed by atoms with E-state index in [-0.39, 0.29) is 5.91 Å². The third-order valence-electron chi connectivity index (χ3n) is 3.83. The first-order valence-electron chi connectivity index (χ1n) is 8.07. The Kier molecular flexibility index (Phi) is 5.65. The van der Waals surface area contributed by atoms with Gasteiger partial charge in [0.1, 0.15) is 0 Å². The van der Waals surface area contributed by atoms with Gasteiger partial charge < -0.3 is 5.32 Å². The van der Waals surface area contributed by atoms with Crippen LogP contribution in [0.3, 0.4) is 0 Å². The summed E-state index contributed by atoms with van der Waals surface area (Å²) in [5.74, 6) is -0.127. The van der Waals surface area contributed by atoms with Gasteiger partial charge in [-0.1, -0.05) is 84.4 Å². The Morgan fingerprint density at radius 1 is 0.800 bits per heavy atom. The quantitative estimate of drug-likeness (QED) is 0.640. The van der Waals surface area contributed by atoms with Gasteiger partial charge in [0.15, 0.2) is 0 Å². The van der Waals surface area contributed by atoms with Crippen molar-refractivity contribution >= 4 is 23.1 Å². The number of amides is 1. The molecule has 1 N–H and O–H groups in total. The summed E-state index contributed by atoms with van der Waals surface area (Å²) in [6.45, 7) is 0.462. The molecule has 0 atom stereocenters. The maximum absolute atomic E-state index is 12.4. The summed E-state index contributed by atoms with van der Waals surface area (Å²) in [6, 6.07) is 27.3. The van der Waals surface area contributed by atoms with E-state index in [0.29, 0.717) is 11.6 Å². The van der Waals surface area contributed by atoms with E-state index in [2.05, 4.69) is 5.32 Å². The maximum atomic E-state index is 12.4. The van der Waals surface area contributed by atoms with Crippen LogP contribution in [0.5, 0.6) is 0 Å². The average molecular weight is 348 g/mol. The summed E-state index contributed by atoms with van der Waals surface area (Å²) >= 11 is 5.88. The molecule has 0 radical (unpaired) electrons. The predicted molar refractivity (Wildman–Crippen MR) is 103 cm³/mol. The topological polar surface area (TPSA) is 29.1 Å². The lowest BCUT2D eigenvalue weighted by Crippen LogP contribution is -2.20. The molecule has 0 saturated carbocycles. The molecule has 0 aliphatic rings. The Bertz CT molecular complexity index is 814. The largest absolute Gasteiger partial charge is 0.348 e. The number of carbonyl (C=O) groups is 1. The lowest BCUT2D eigenvalue weighted by molar-refractivity contribution is -0.116. The van der Waals surface area contributed by atoms with Gasteiger partial charge in [0.05, 0.1) is 0 Å². The van der Waals surface area contributed by atoms with E-state index in [9.17, 15) is 4.79 Å². The molecule has 0 bridgehead atoms. The minimum absolute atomic E-state index is 0.127. The molecular weight excluding hydrogens is 330 g/mol. The molecule has 0 heterocycles. The lowest BCUT2D eigenvalue weighted by atomic mass is 9.97. The summed E-state index contributed by atoms with van der Waals surface area (Å²) in [4.78, 5) is 12.4. The number of nitrogens with one attached hydrogen (secondary N) is 1. The van der Waals surface area contributed by atoms with E-state index in [4.69, 9.17) is 11.6 Å². The van der Waals surface area contributed by atoms with Crippen LogP contribution in [0.25, 0.3) is 5.57 Å². The normalized spacial score (nSPS) is 10.1. The third-order valence-corrected chi connectivity index (χ3v) is 4.08. The van der Waals surface area contributed by atoms with Crippen molar-refractivity contribution in [3.05, 3.63) is 113 Å². The van der Waals surface area contributed by atoms with Crippen molar-refractivity contribution in [2.24, 2.45) is 0 Å². The van der Waals surface area contributed by atoms with Gasteiger partial charge in [-0.05, 0) is 34.4 Å². The second kappa shape index (κ2) is 8.32. The first-order valence-corrected chi connectivity index (χ1v) is 8.45. The van der Waals surface area contributed by atoms with Crippen LogP contribution in [-0.4, -0.2) is 5.91 Å². The van der Waals surface area contributed by atoms with Gasteiger partial charge in [-0.15, -0.1) is 0 Å². The number of carbonyl (C=O) groups excluding carboxylic acids is 1. The van der Waals surface area contributed by atoms with Crippen LogP contribution in [0.15, 0.2) is 91.0 Å². The fourth-order valence-electron chi connectivity index (χ4n) is 2.54. The van der Waals surface area contributed by atoms with E-state index in [1.807, 2.05) is 84.9 Å². The summed E-state index contributed by atoms with van der Waals surface area (Å²) in [5, 5.41) is 3.62. The molecule has 3 rings (SSSR count). The second-order valence-electron chi connectivity index (χ2n) is 5.63. The molecule has 0 saturated heterocycles. The van der Waals surface area contributed by atoms with Gasteiger partial charge in [-0.3, -0.25) is 4.79 Å². The highest BCUT2D eigenvalue weighted by molar-refractivity contribution is 6.30. The molecule has 2 nitrogen and oxygen atoms in total. The van der Waals surface area contributed by atoms with Crippen molar-refractivity contribution in [3.63, 3.8) is 0 Å². The number of hydrogen-bond donors (Lipinski definition) is 1. The average Bonchev–Trinajstić information content (AvgIpc) is 2.67. The van der Waals surface area contributed by atoms with E-state index < -0.39 is 0 Å². The van der Waals surface area contributed by atoms with Gasteiger partial charge in [-0.25, -0.2) is 0 Å². The molecule has 0 unspecified atom stereocenters. The van der Waals surface area contributed by atoms with E-state index in [1.54, 1.807) is 6.08 Å². The third kappa shape index (κ3) is 4.82. The van der Waals surface area contributed by atoms with Crippen molar-refractivity contribution in [2.45, 2.75) is 6.54 Å². The zero-order valence-electron chi connectivity index (χ0n) is 13.7. The summed E-state index contributed by atoms with van der Waals surface area (Å²) in [5.41, 5.74) is 3.92. The van der Waals surface area contributed by atoms with Crippen molar-refractivity contribution in [1.82, 2.24) is 5.32 Å². The summed E-state index contributed by atoms with van der Waals surface area (Å²) < 4.78 is 0. The van der Waals surface area contributed by atoms with Gasteiger partial charge in [0.2, 0.25) is 5.91 Å². The van der Waals surface area contributed by atoms with Crippen LogP contribution in [0.4, 0.5) is 0 Å². The first-order chi connectivity index (χ1) is 12.2. The Hall–Kier alpha value is -2.84. The molecule has 3 aromatic rings. The molecule has 1 amide bonds. The van der Waals surface area contributed by atoms with Crippen molar-refractivity contribution in [1.29, 1.82) is 0 Å². The van der Waals surface area contributed by atoms with Crippen molar-refractivity contribution in [3.8, 4) is 0 Å². The Labute approximate surface area is 152 Å². The summed E-state index contributed by atoms with van der Waals surface area (Å²) in [6.07, 6.45) is 1.65. The van der Waals surface area contributed by atoms with Crippen LogP contribution >= 0.6 is 11.6 Å². The van der Waals surface area contributed by atoms with Gasteiger partial charge in [0.25, 0.3) is 0 Å². The van der Waals surface area contributed by atoms with Gasteiger partial charge in [-0.2, -0.15) is 0 Å². The minimum atomic E-state index is -0.127. The molecule has 0 aliphatic carbocycles. The van der Waals surface area contributed by atoms with Crippen LogP contribution in [0.1, 0.15) is 16.7 Å². The standard InChI is InChI=1S/C22H18ClNO/c23-20-13-11-17(12-14-20)16-24-22(25)15-21(18-7-3-1-4-8-18)19-9-5-2-6-10-19/h1-15H,16H2,(H,24,25). The fourth-order valence-corrected chi connectivity index (χ4v) is 2.67. The van der Waals surface area contributed by atoms with Gasteiger partial charge in [0, 0.05) is 17.6 Å². The number of halogens is 1. The highest BCUT2D eigenvalue weighted by Crippen LogP contribution is 2.22. The number of benzene rings is 3. The van der Waals surface area contributed by atoms with Gasteiger partial charge >= 0.3 is 0 Å². The molecular formula is C22H18ClNO. The van der Waals surface area contributed by atoms with Crippen LogP contribution in [0.2, 0.25) is 5.02 Å². The Morgan fingerprint density at radius 3 is 1.84 bits per heavy atom. The van der Waals surface area contributed by atoms with E-state index in [1.165, 1.54) is 0 Å². The fraction of sp³-hybridized carbons (Fsp3) is 0.0455. The SMILES string of the molecule is O=C(C=C(c1ccccc1)c1ccccc1)NCc1ccc(Cl)cc1. The molecule has 3 heteroatoms. The minimum Gasteiger partial charge on any atom is -0.348 e. The molecule has 3 aromatic carbocycles. The number of rotatable bonds is 5. The van der Waals surface area contributed by atoms with Crippen LogP contribution in [0, 0.1) is 0 Å². The predicted octanol–water partition coefficient (Wildman–Crippen LogP) is 5.09. The second-order valence-corrected chi connectivity index (χ2v) is 6.07.